The molecule has 0 amide bonds. The van der Waals surface area contributed by atoms with Crippen molar-refractivity contribution in [2.75, 3.05) is 19.1 Å². The van der Waals surface area contributed by atoms with E-state index in [0.717, 1.165) is 6.61 Å². The van der Waals surface area contributed by atoms with Gasteiger partial charge in [-0.15, -0.1) is 0 Å². The van der Waals surface area contributed by atoms with Crippen molar-refractivity contribution in [3.8, 4) is 0 Å². The lowest BCUT2D eigenvalue weighted by atomic mass is 10.9. The molecule has 0 radical (unpaired) electrons. The van der Waals surface area contributed by atoms with Crippen LogP contribution >= 0.6 is 23.6 Å². The highest BCUT2D eigenvalue weighted by molar-refractivity contribution is 9.57. The molecule has 0 aromatic rings. The molecule has 0 rings (SSSR count). The van der Waals surface area contributed by atoms with Gasteiger partial charge in [0.15, 0.2) is 0 Å². The summed E-state index contributed by atoms with van der Waals surface area (Å²) in [6, 6.07) is 0. The van der Waals surface area contributed by atoms with Crippen molar-refractivity contribution in [2.24, 2.45) is 0 Å². The van der Waals surface area contributed by atoms with E-state index in [1.54, 1.807) is 0 Å². The van der Waals surface area contributed by atoms with Gasteiger partial charge in [-0.25, -0.2) is 0 Å². The van der Waals surface area contributed by atoms with Crippen molar-refractivity contribution >= 4 is 23.6 Å². The lowest BCUT2D eigenvalue weighted by Crippen LogP contribution is -1.90. The van der Waals surface area contributed by atoms with Gasteiger partial charge < -0.3 is 4.18 Å². The lowest BCUT2D eigenvalue weighted by Gasteiger charge is -2.20. The van der Waals surface area contributed by atoms with E-state index in [9.17, 15) is 0 Å². The average Bonchev–Trinajstić information content (AvgIpc) is 1.30. The summed E-state index contributed by atoms with van der Waals surface area (Å²) in [7, 11) is -0.862. The topological polar surface area (TPSA) is 9.23 Å². The Morgan fingerprint density at radius 1 is 1.57 bits per heavy atom. The van der Waals surface area contributed by atoms with E-state index in [1.807, 2.05) is 6.92 Å². The second kappa shape index (κ2) is 2.95. The molecule has 0 N–H and O–H groups in total. The van der Waals surface area contributed by atoms with Crippen LogP contribution in [0.2, 0.25) is 0 Å². The molecule has 0 atom stereocenters. The van der Waals surface area contributed by atoms with Gasteiger partial charge in [0.1, 0.15) is 0 Å². The molecule has 0 aromatic heterocycles. The summed E-state index contributed by atoms with van der Waals surface area (Å²) < 4.78 is 5.23. The standard InChI is InChI=1S/C4H11BrOS/c1-4-6-7(2,3)5/h4H2,1-3H3. The van der Waals surface area contributed by atoms with Gasteiger partial charge in [-0.3, -0.25) is 0 Å². The zero-order valence-electron chi connectivity index (χ0n) is 4.90. The van der Waals surface area contributed by atoms with Crippen LogP contribution in [0.3, 0.4) is 0 Å². The predicted octanol–water partition coefficient (Wildman–Crippen LogP) is 2.31. The van der Waals surface area contributed by atoms with Gasteiger partial charge in [0.05, 0.1) is 6.61 Å². The monoisotopic (exact) mass is 186 g/mol. The third kappa shape index (κ3) is 6.79. The van der Waals surface area contributed by atoms with Crippen LogP contribution in [0, 0.1) is 0 Å². The van der Waals surface area contributed by atoms with Crippen molar-refractivity contribution in [1.29, 1.82) is 0 Å². The molecule has 46 valence electrons. The Bertz CT molecular complexity index is 50.1. The van der Waals surface area contributed by atoms with E-state index in [0.29, 0.717) is 0 Å². The SMILES string of the molecule is CCOS(C)(C)Br. The summed E-state index contributed by atoms with van der Waals surface area (Å²) in [6.45, 7) is 2.80. The molecule has 3 heteroatoms. The van der Waals surface area contributed by atoms with E-state index in [4.69, 9.17) is 4.18 Å². The first-order valence-electron chi connectivity index (χ1n) is 2.13. The summed E-state index contributed by atoms with van der Waals surface area (Å²) in [5.41, 5.74) is 0. The third-order valence-electron chi connectivity index (χ3n) is 0.398. The van der Waals surface area contributed by atoms with Crippen LogP contribution in [0.25, 0.3) is 0 Å². The number of hydrogen-bond donors (Lipinski definition) is 0. The molecule has 0 saturated heterocycles. The number of halogens is 1. The maximum Gasteiger partial charge on any atom is 0.0574 e. The largest absolute Gasteiger partial charge is 0.328 e. The maximum atomic E-state index is 5.23. The molecule has 0 fully saturated rings. The number of hydrogen-bond acceptors (Lipinski definition) is 1. The Morgan fingerprint density at radius 2 is 2.00 bits per heavy atom. The van der Waals surface area contributed by atoms with Crippen LogP contribution in [0.15, 0.2) is 0 Å². The van der Waals surface area contributed by atoms with Crippen molar-refractivity contribution in [3.05, 3.63) is 0 Å². The highest BCUT2D eigenvalue weighted by Crippen LogP contribution is 2.48. The van der Waals surface area contributed by atoms with Crippen LogP contribution in [-0.2, 0) is 4.18 Å². The molecule has 0 unspecified atom stereocenters. The molecule has 7 heavy (non-hydrogen) atoms. The molecule has 0 spiro atoms. The number of rotatable bonds is 2. The van der Waals surface area contributed by atoms with E-state index in [1.165, 1.54) is 0 Å². The molecule has 0 aliphatic heterocycles. The molecule has 0 bridgehead atoms. The second-order valence-electron chi connectivity index (χ2n) is 1.52. The zero-order chi connectivity index (χ0) is 5.91. The van der Waals surface area contributed by atoms with Crippen LogP contribution in [-0.4, -0.2) is 19.1 Å². The van der Waals surface area contributed by atoms with E-state index < -0.39 is 8.74 Å². The quantitative estimate of drug-likeness (QED) is 0.644. The highest BCUT2D eigenvalue weighted by atomic mass is 79.9. The second-order valence-corrected chi connectivity index (χ2v) is 8.66. The molecule has 1 nitrogen and oxygen atoms in total. The Hall–Kier alpha value is 0.790. The molecule has 0 heterocycles. The predicted molar refractivity (Wildman–Crippen MR) is 40.0 cm³/mol. The normalized spacial score (nSPS) is 14.3. The Balaban J connectivity index is 3.15. The van der Waals surface area contributed by atoms with Crippen molar-refractivity contribution in [2.45, 2.75) is 6.92 Å². The van der Waals surface area contributed by atoms with Crippen LogP contribution in [0.4, 0.5) is 0 Å². The highest BCUT2D eigenvalue weighted by Gasteiger charge is 2.01. The summed E-state index contributed by atoms with van der Waals surface area (Å²) in [5, 5.41) is 0. The Kier molecular flexibility index (Phi) is 3.28. The maximum absolute atomic E-state index is 5.23. The minimum atomic E-state index is -0.862. The molecule has 0 saturated carbocycles. The summed E-state index contributed by atoms with van der Waals surface area (Å²) >= 11 is 3.40. The smallest absolute Gasteiger partial charge is 0.0574 e. The van der Waals surface area contributed by atoms with E-state index in [-0.39, 0.29) is 0 Å². The van der Waals surface area contributed by atoms with Crippen molar-refractivity contribution in [3.63, 3.8) is 0 Å². The molecule has 0 aromatic carbocycles. The first kappa shape index (κ1) is 7.79. The van der Waals surface area contributed by atoms with Gasteiger partial charge in [-0.05, 0) is 34.2 Å². The summed E-state index contributed by atoms with van der Waals surface area (Å²) in [6.07, 6.45) is 4.10. The molecular formula is C4H11BrOS. The van der Waals surface area contributed by atoms with Gasteiger partial charge in [-0.2, -0.15) is 0 Å². The van der Waals surface area contributed by atoms with Gasteiger partial charge in [-0.1, -0.05) is 8.74 Å². The van der Waals surface area contributed by atoms with Crippen LogP contribution in [0.5, 0.6) is 0 Å². The molecule has 0 aliphatic carbocycles. The van der Waals surface area contributed by atoms with Crippen LogP contribution < -0.4 is 0 Å². The lowest BCUT2D eigenvalue weighted by molar-refractivity contribution is 0.395. The fraction of sp³-hybridized carbons (Fsp3) is 1.00. The minimum Gasteiger partial charge on any atom is -0.328 e. The molecule has 0 aliphatic rings. The fourth-order valence-corrected chi connectivity index (χ4v) is 1.40. The van der Waals surface area contributed by atoms with Crippen LogP contribution in [0.1, 0.15) is 6.92 Å². The third-order valence-corrected chi connectivity index (χ3v) is 1.76. The first-order chi connectivity index (χ1) is 3.06. The summed E-state index contributed by atoms with van der Waals surface area (Å²) in [5.74, 6) is 0. The Morgan fingerprint density at radius 3 is 2.00 bits per heavy atom. The van der Waals surface area contributed by atoms with Crippen molar-refractivity contribution in [1.82, 2.24) is 0 Å². The van der Waals surface area contributed by atoms with E-state index >= 15 is 0 Å². The fourth-order valence-electron chi connectivity index (χ4n) is 0.280. The van der Waals surface area contributed by atoms with Gasteiger partial charge in [0, 0.05) is 0 Å². The van der Waals surface area contributed by atoms with Gasteiger partial charge in [0.25, 0.3) is 0 Å². The Labute approximate surface area is 54.2 Å². The molecular weight excluding hydrogens is 176 g/mol. The van der Waals surface area contributed by atoms with E-state index in [2.05, 4.69) is 27.3 Å². The van der Waals surface area contributed by atoms with Gasteiger partial charge >= 0.3 is 0 Å². The summed E-state index contributed by atoms with van der Waals surface area (Å²) in [4.78, 5) is 0. The first-order valence-corrected chi connectivity index (χ1v) is 6.35. The minimum absolute atomic E-state index is 0.799. The zero-order valence-corrected chi connectivity index (χ0v) is 7.30. The van der Waals surface area contributed by atoms with Gasteiger partial charge in [0.2, 0.25) is 0 Å². The average molecular weight is 187 g/mol. The van der Waals surface area contributed by atoms with Crippen molar-refractivity contribution < 1.29 is 4.18 Å².